The predicted molar refractivity (Wildman–Crippen MR) is 110 cm³/mol. The summed E-state index contributed by atoms with van der Waals surface area (Å²) in [6, 6.07) is 18.8. The van der Waals surface area contributed by atoms with E-state index in [-0.39, 0.29) is 10.5 Å². The number of hydrogen-bond donors (Lipinski definition) is 0. The van der Waals surface area contributed by atoms with Crippen molar-refractivity contribution in [3.63, 3.8) is 0 Å². The molecule has 0 aromatic heterocycles. The summed E-state index contributed by atoms with van der Waals surface area (Å²) in [5.41, 5.74) is 0.400. The van der Waals surface area contributed by atoms with E-state index in [0.717, 1.165) is 0 Å². The van der Waals surface area contributed by atoms with Crippen LogP contribution in [0.1, 0.15) is 36.0 Å². The third-order valence-electron chi connectivity index (χ3n) is 2.98. The second-order valence-electron chi connectivity index (χ2n) is 5.05. The Balaban J connectivity index is 0.000000391. The standard InChI is InChI=1S/C8H7ClO2.C6H8Cl2O2.C6H6/c1-11-7-5-3-2-4-6(7)8(9)10;7-5(9)3-1-2-4-6(8)10;1-2-4-6-5-3-1/h2-5H,1H3;1-4H2;1-6H. The first-order valence-electron chi connectivity index (χ1n) is 8.08. The summed E-state index contributed by atoms with van der Waals surface area (Å²) >= 11 is 15.3. The van der Waals surface area contributed by atoms with Crippen LogP contribution in [0.4, 0.5) is 0 Å². The Labute approximate surface area is 174 Å². The smallest absolute Gasteiger partial charge is 0.256 e. The number of rotatable bonds is 7. The number of para-hydroxylation sites is 1. The lowest BCUT2D eigenvalue weighted by molar-refractivity contribution is -0.113. The van der Waals surface area contributed by atoms with Gasteiger partial charge in [-0.3, -0.25) is 14.4 Å². The molecule has 4 nitrogen and oxygen atoms in total. The molecule has 0 amide bonds. The average Bonchev–Trinajstić information content (AvgIpc) is 2.67. The molecule has 0 fully saturated rings. The molecular weight excluding hydrogens is 411 g/mol. The van der Waals surface area contributed by atoms with Gasteiger partial charge in [0.2, 0.25) is 10.5 Å². The van der Waals surface area contributed by atoms with Gasteiger partial charge >= 0.3 is 0 Å². The fourth-order valence-corrected chi connectivity index (χ4v) is 2.14. The zero-order chi connectivity index (χ0) is 20.5. The monoisotopic (exact) mass is 430 g/mol. The van der Waals surface area contributed by atoms with Crippen LogP contribution >= 0.6 is 34.8 Å². The average molecular weight is 432 g/mol. The van der Waals surface area contributed by atoms with Crippen LogP contribution < -0.4 is 4.74 Å². The summed E-state index contributed by atoms with van der Waals surface area (Å²) in [6.07, 6.45) is 1.93. The predicted octanol–water partition coefficient (Wildman–Crippen LogP) is 5.84. The summed E-state index contributed by atoms with van der Waals surface area (Å²) in [6.45, 7) is 0. The van der Waals surface area contributed by atoms with Gasteiger partial charge in [-0.2, -0.15) is 0 Å². The molecule has 0 saturated carbocycles. The number of ether oxygens (including phenoxy) is 1. The Morgan fingerprint density at radius 3 is 1.44 bits per heavy atom. The number of halogens is 3. The Morgan fingerprint density at radius 2 is 1.15 bits per heavy atom. The van der Waals surface area contributed by atoms with Crippen molar-refractivity contribution in [3.05, 3.63) is 66.2 Å². The summed E-state index contributed by atoms with van der Waals surface area (Å²) in [4.78, 5) is 31.0. The Hall–Kier alpha value is -1.88. The highest BCUT2D eigenvalue weighted by Gasteiger charge is 2.06. The first-order chi connectivity index (χ1) is 12.9. The summed E-state index contributed by atoms with van der Waals surface area (Å²) in [5, 5.41) is -1.22. The molecule has 7 heteroatoms. The van der Waals surface area contributed by atoms with Crippen molar-refractivity contribution in [2.45, 2.75) is 25.7 Å². The normalized spacial score (nSPS) is 9.04. The molecule has 0 aliphatic rings. The first-order valence-corrected chi connectivity index (χ1v) is 9.21. The minimum absolute atomic E-state index is 0.325. The highest BCUT2D eigenvalue weighted by Crippen LogP contribution is 2.18. The lowest BCUT2D eigenvalue weighted by Gasteiger charge is -2.01. The van der Waals surface area contributed by atoms with E-state index in [1.54, 1.807) is 24.3 Å². The maximum atomic E-state index is 10.7. The lowest BCUT2D eigenvalue weighted by Crippen LogP contribution is -1.93. The molecule has 0 spiro atoms. The van der Waals surface area contributed by atoms with Crippen molar-refractivity contribution < 1.29 is 19.1 Å². The van der Waals surface area contributed by atoms with E-state index in [1.807, 2.05) is 36.4 Å². The molecule has 0 saturated heterocycles. The molecule has 2 aromatic carbocycles. The van der Waals surface area contributed by atoms with Gasteiger partial charge in [-0.1, -0.05) is 48.5 Å². The molecular formula is C20H21Cl3O4. The van der Waals surface area contributed by atoms with E-state index in [4.69, 9.17) is 39.5 Å². The van der Waals surface area contributed by atoms with Gasteiger partial charge in [0.15, 0.2) is 0 Å². The van der Waals surface area contributed by atoms with Gasteiger partial charge < -0.3 is 4.74 Å². The van der Waals surface area contributed by atoms with Crippen LogP contribution in [0, 0.1) is 0 Å². The fourth-order valence-electron chi connectivity index (χ4n) is 1.72. The number of benzene rings is 2. The maximum Gasteiger partial charge on any atom is 0.256 e. The van der Waals surface area contributed by atoms with Crippen molar-refractivity contribution in [1.29, 1.82) is 0 Å². The highest BCUT2D eigenvalue weighted by atomic mass is 35.5. The first kappa shape index (κ1) is 25.1. The van der Waals surface area contributed by atoms with Crippen molar-refractivity contribution in [3.8, 4) is 5.75 Å². The number of carbonyl (C=O) groups excluding carboxylic acids is 3. The van der Waals surface area contributed by atoms with Crippen LogP contribution in [-0.2, 0) is 9.59 Å². The molecule has 146 valence electrons. The quantitative estimate of drug-likeness (QED) is 0.408. The Kier molecular flexibility index (Phi) is 15.2. The van der Waals surface area contributed by atoms with Gasteiger partial charge in [-0.15, -0.1) is 0 Å². The molecule has 0 heterocycles. The summed E-state index contributed by atoms with van der Waals surface area (Å²) in [5.74, 6) is 0.507. The minimum atomic E-state index is -0.498. The molecule has 0 aliphatic carbocycles. The Bertz CT molecular complexity index is 648. The molecule has 0 N–H and O–H groups in total. The number of methoxy groups -OCH3 is 1. The van der Waals surface area contributed by atoms with E-state index in [2.05, 4.69) is 0 Å². The van der Waals surface area contributed by atoms with Gasteiger partial charge in [0.05, 0.1) is 12.7 Å². The second-order valence-corrected chi connectivity index (χ2v) is 6.23. The van der Waals surface area contributed by atoms with E-state index in [9.17, 15) is 14.4 Å². The molecule has 0 aliphatic heterocycles. The van der Waals surface area contributed by atoms with E-state index in [1.165, 1.54) is 7.11 Å². The van der Waals surface area contributed by atoms with Crippen molar-refractivity contribution in [2.75, 3.05) is 7.11 Å². The van der Waals surface area contributed by atoms with Gasteiger partial charge in [-0.25, -0.2) is 0 Å². The van der Waals surface area contributed by atoms with Crippen LogP contribution in [-0.4, -0.2) is 22.8 Å². The zero-order valence-corrected chi connectivity index (χ0v) is 17.1. The van der Waals surface area contributed by atoms with Crippen LogP contribution in [0.2, 0.25) is 0 Å². The SMILES string of the molecule is COc1ccccc1C(=O)Cl.O=C(Cl)CCCCC(=O)Cl.c1ccccc1. The molecule has 0 bridgehead atoms. The third-order valence-corrected chi connectivity index (χ3v) is 3.56. The Morgan fingerprint density at radius 1 is 0.741 bits per heavy atom. The van der Waals surface area contributed by atoms with Gasteiger partial charge in [0.25, 0.3) is 5.24 Å². The van der Waals surface area contributed by atoms with Crippen molar-refractivity contribution in [1.82, 2.24) is 0 Å². The molecule has 0 atom stereocenters. The number of carbonyl (C=O) groups is 3. The third kappa shape index (κ3) is 14.9. The van der Waals surface area contributed by atoms with Crippen LogP contribution in [0.3, 0.4) is 0 Å². The molecule has 27 heavy (non-hydrogen) atoms. The van der Waals surface area contributed by atoms with Crippen molar-refractivity contribution in [2.24, 2.45) is 0 Å². The van der Waals surface area contributed by atoms with E-state index < -0.39 is 5.24 Å². The molecule has 2 aromatic rings. The largest absolute Gasteiger partial charge is 0.496 e. The van der Waals surface area contributed by atoms with E-state index in [0.29, 0.717) is 37.0 Å². The minimum Gasteiger partial charge on any atom is -0.496 e. The van der Waals surface area contributed by atoms with Gasteiger partial charge in [0, 0.05) is 12.8 Å². The topological polar surface area (TPSA) is 60.4 Å². The molecule has 0 radical (unpaired) electrons. The highest BCUT2D eigenvalue weighted by molar-refractivity contribution is 6.68. The lowest BCUT2D eigenvalue weighted by atomic mass is 10.2. The van der Waals surface area contributed by atoms with Crippen molar-refractivity contribution >= 4 is 50.5 Å². The van der Waals surface area contributed by atoms with Gasteiger partial charge in [0.1, 0.15) is 5.75 Å². The van der Waals surface area contributed by atoms with E-state index >= 15 is 0 Å². The second kappa shape index (κ2) is 16.3. The summed E-state index contributed by atoms with van der Waals surface area (Å²) < 4.78 is 4.90. The van der Waals surface area contributed by atoms with Crippen LogP contribution in [0.25, 0.3) is 0 Å². The summed E-state index contributed by atoms with van der Waals surface area (Å²) in [7, 11) is 1.50. The van der Waals surface area contributed by atoms with Crippen LogP contribution in [0.15, 0.2) is 60.7 Å². The van der Waals surface area contributed by atoms with Crippen LogP contribution in [0.5, 0.6) is 5.75 Å². The molecule has 0 unspecified atom stereocenters. The van der Waals surface area contributed by atoms with Gasteiger partial charge in [-0.05, 0) is 59.8 Å². The fraction of sp³-hybridized carbons (Fsp3) is 0.250. The number of hydrogen-bond acceptors (Lipinski definition) is 4. The number of unbranched alkanes of at least 4 members (excludes halogenated alkanes) is 1. The molecule has 2 rings (SSSR count). The zero-order valence-electron chi connectivity index (χ0n) is 14.9. The maximum absolute atomic E-state index is 10.7.